The van der Waals surface area contributed by atoms with Gasteiger partial charge in [0.15, 0.2) is 0 Å². The van der Waals surface area contributed by atoms with Crippen LogP contribution in [0.3, 0.4) is 0 Å². The Morgan fingerprint density at radius 1 is 1.42 bits per heavy atom. The number of benzene rings is 1. The molecule has 0 bridgehead atoms. The molecule has 5 nitrogen and oxygen atoms in total. The van der Waals surface area contributed by atoms with Crippen LogP contribution in [0.15, 0.2) is 18.2 Å². The van der Waals surface area contributed by atoms with Gasteiger partial charge in [-0.15, -0.1) is 0 Å². The highest BCUT2D eigenvalue weighted by atomic mass is 16.6. The molecule has 0 amide bonds. The van der Waals surface area contributed by atoms with Crippen LogP contribution in [0.2, 0.25) is 0 Å². The summed E-state index contributed by atoms with van der Waals surface area (Å²) in [6.07, 6.45) is 0.899. The predicted octanol–water partition coefficient (Wildman–Crippen LogP) is 3.38. The zero-order valence-corrected chi connectivity index (χ0v) is 12.0. The zero-order chi connectivity index (χ0) is 14.5. The summed E-state index contributed by atoms with van der Waals surface area (Å²) in [6, 6.07) is 5.10. The molecule has 1 aromatic carbocycles. The van der Waals surface area contributed by atoms with Crippen LogP contribution in [0, 0.1) is 22.5 Å². The normalized spacial score (nSPS) is 11.4. The first-order chi connectivity index (χ1) is 8.85. The fraction of sp³-hybridized carbons (Fsp3) is 0.571. The molecule has 0 atom stereocenters. The van der Waals surface area contributed by atoms with Crippen LogP contribution in [0.4, 0.5) is 11.4 Å². The van der Waals surface area contributed by atoms with E-state index in [4.69, 9.17) is 4.74 Å². The Bertz CT molecular complexity index is 444. The number of hydrogen-bond donors (Lipinski definition) is 1. The predicted molar refractivity (Wildman–Crippen MR) is 76.6 cm³/mol. The van der Waals surface area contributed by atoms with Crippen LogP contribution in [-0.4, -0.2) is 25.2 Å². The van der Waals surface area contributed by atoms with Gasteiger partial charge in [0, 0.05) is 26.3 Å². The lowest BCUT2D eigenvalue weighted by Crippen LogP contribution is -2.25. The lowest BCUT2D eigenvalue weighted by molar-refractivity contribution is -0.384. The maximum absolute atomic E-state index is 11.0. The number of ether oxygens (including phenoxy) is 1. The largest absolute Gasteiger partial charge is 0.385 e. The fourth-order valence-electron chi connectivity index (χ4n) is 1.75. The first kappa shape index (κ1) is 15.4. The molecule has 0 spiro atoms. The van der Waals surface area contributed by atoms with E-state index >= 15 is 0 Å². The summed E-state index contributed by atoms with van der Waals surface area (Å²) in [7, 11) is 1.68. The maximum Gasteiger partial charge on any atom is 0.292 e. The summed E-state index contributed by atoms with van der Waals surface area (Å²) in [4.78, 5) is 10.6. The van der Waals surface area contributed by atoms with Crippen molar-refractivity contribution in [2.45, 2.75) is 27.2 Å². The first-order valence-electron chi connectivity index (χ1n) is 6.33. The molecule has 0 saturated heterocycles. The lowest BCUT2D eigenvalue weighted by Gasteiger charge is -2.25. The second-order valence-electron chi connectivity index (χ2n) is 5.54. The van der Waals surface area contributed by atoms with E-state index in [9.17, 15) is 10.1 Å². The number of nitro groups is 1. The highest BCUT2D eigenvalue weighted by Crippen LogP contribution is 2.28. The van der Waals surface area contributed by atoms with E-state index in [2.05, 4.69) is 19.2 Å². The highest BCUT2D eigenvalue weighted by molar-refractivity contribution is 5.62. The lowest BCUT2D eigenvalue weighted by atomic mass is 9.89. The third kappa shape index (κ3) is 4.87. The molecule has 0 radical (unpaired) electrons. The Labute approximate surface area is 114 Å². The third-order valence-electron chi connectivity index (χ3n) is 3.09. The first-order valence-corrected chi connectivity index (χ1v) is 6.33. The summed E-state index contributed by atoms with van der Waals surface area (Å²) in [5.41, 5.74) is 1.72. The molecule has 0 unspecified atom stereocenters. The van der Waals surface area contributed by atoms with Crippen LogP contribution >= 0.6 is 0 Å². The minimum absolute atomic E-state index is 0.0215. The summed E-state index contributed by atoms with van der Waals surface area (Å²) in [5.74, 6) is 0. The van der Waals surface area contributed by atoms with Crippen LogP contribution in [0.1, 0.15) is 25.8 Å². The van der Waals surface area contributed by atoms with Crippen molar-refractivity contribution in [2.24, 2.45) is 5.41 Å². The van der Waals surface area contributed by atoms with E-state index in [1.165, 1.54) is 0 Å². The standard InChI is InChI=1S/C14H22N2O3/c1-11-5-6-13(16(17)18)12(9-11)15-10-14(2,3)7-8-19-4/h5-6,9,15H,7-8,10H2,1-4H3. The number of aryl methyl sites for hydroxylation is 1. The average Bonchev–Trinajstić information content (AvgIpc) is 2.34. The number of nitro benzene ring substituents is 1. The van der Waals surface area contributed by atoms with Crippen molar-refractivity contribution < 1.29 is 9.66 Å². The van der Waals surface area contributed by atoms with Crippen molar-refractivity contribution in [3.63, 3.8) is 0 Å². The monoisotopic (exact) mass is 266 g/mol. The van der Waals surface area contributed by atoms with Crippen molar-refractivity contribution in [1.29, 1.82) is 0 Å². The topological polar surface area (TPSA) is 64.4 Å². The van der Waals surface area contributed by atoms with Gasteiger partial charge in [0.05, 0.1) is 4.92 Å². The molecule has 5 heteroatoms. The second-order valence-corrected chi connectivity index (χ2v) is 5.54. The zero-order valence-electron chi connectivity index (χ0n) is 12.0. The molecule has 1 aromatic rings. The van der Waals surface area contributed by atoms with E-state index in [1.807, 2.05) is 13.0 Å². The number of nitrogens with one attached hydrogen (secondary N) is 1. The minimum atomic E-state index is -0.357. The summed E-state index contributed by atoms with van der Waals surface area (Å²) in [6.45, 7) is 7.50. The van der Waals surface area contributed by atoms with Gasteiger partial charge in [0.25, 0.3) is 5.69 Å². The molecule has 0 heterocycles. The van der Waals surface area contributed by atoms with Crippen molar-refractivity contribution in [1.82, 2.24) is 0 Å². The van der Waals surface area contributed by atoms with E-state index in [1.54, 1.807) is 19.2 Å². The van der Waals surface area contributed by atoms with Crippen LogP contribution in [0.25, 0.3) is 0 Å². The van der Waals surface area contributed by atoms with Gasteiger partial charge in [-0.25, -0.2) is 0 Å². The molecule has 0 fully saturated rings. The van der Waals surface area contributed by atoms with Crippen LogP contribution < -0.4 is 5.32 Å². The molecule has 1 rings (SSSR count). The van der Waals surface area contributed by atoms with Gasteiger partial charge in [-0.3, -0.25) is 10.1 Å². The summed E-state index contributed by atoms with van der Waals surface area (Å²) in [5, 5.41) is 14.2. The number of nitrogens with zero attached hydrogens (tertiary/aromatic N) is 1. The minimum Gasteiger partial charge on any atom is -0.385 e. The van der Waals surface area contributed by atoms with E-state index in [-0.39, 0.29) is 16.0 Å². The van der Waals surface area contributed by atoms with E-state index in [0.717, 1.165) is 12.0 Å². The Kier molecular flexibility index (Phi) is 5.30. The smallest absolute Gasteiger partial charge is 0.292 e. The number of rotatable bonds is 7. The van der Waals surface area contributed by atoms with Crippen LogP contribution in [0.5, 0.6) is 0 Å². The van der Waals surface area contributed by atoms with Gasteiger partial charge >= 0.3 is 0 Å². The fourth-order valence-corrected chi connectivity index (χ4v) is 1.75. The van der Waals surface area contributed by atoms with Gasteiger partial charge in [0.1, 0.15) is 5.69 Å². The molecule has 19 heavy (non-hydrogen) atoms. The maximum atomic E-state index is 11.0. The van der Waals surface area contributed by atoms with Gasteiger partial charge in [-0.1, -0.05) is 19.9 Å². The highest BCUT2D eigenvalue weighted by Gasteiger charge is 2.20. The van der Waals surface area contributed by atoms with Gasteiger partial charge < -0.3 is 10.1 Å². The molecule has 0 aliphatic heterocycles. The molecule has 0 aromatic heterocycles. The Morgan fingerprint density at radius 3 is 2.68 bits per heavy atom. The van der Waals surface area contributed by atoms with Gasteiger partial charge in [0.2, 0.25) is 0 Å². The Hall–Kier alpha value is -1.62. The number of hydrogen-bond acceptors (Lipinski definition) is 4. The quantitative estimate of drug-likeness (QED) is 0.607. The molecule has 0 saturated carbocycles. The van der Waals surface area contributed by atoms with E-state index in [0.29, 0.717) is 18.8 Å². The molecule has 0 aliphatic rings. The SMILES string of the molecule is COCCC(C)(C)CNc1cc(C)ccc1[N+](=O)[O-]. The third-order valence-corrected chi connectivity index (χ3v) is 3.09. The van der Waals surface area contributed by atoms with E-state index < -0.39 is 0 Å². The molecular weight excluding hydrogens is 244 g/mol. The molecule has 106 valence electrons. The van der Waals surface area contributed by atoms with Crippen molar-refractivity contribution in [3.8, 4) is 0 Å². The molecular formula is C14H22N2O3. The van der Waals surface area contributed by atoms with Gasteiger partial charge in [-0.2, -0.15) is 0 Å². The van der Waals surface area contributed by atoms with Crippen molar-refractivity contribution in [3.05, 3.63) is 33.9 Å². The Morgan fingerprint density at radius 2 is 2.11 bits per heavy atom. The summed E-state index contributed by atoms with van der Waals surface area (Å²) >= 11 is 0. The van der Waals surface area contributed by atoms with Crippen molar-refractivity contribution in [2.75, 3.05) is 25.6 Å². The van der Waals surface area contributed by atoms with Gasteiger partial charge in [-0.05, 0) is 30.4 Å². The molecule has 0 aliphatic carbocycles. The molecule has 1 N–H and O–H groups in total. The summed E-state index contributed by atoms with van der Waals surface area (Å²) < 4.78 is 5.07. The Balaban J connectivity index is 2.76. The second kappa shape index (κ2) is 6.52. The average molecular weight is 266 g/mol. The van der Waals surface area contributed by atoms with Crippen molar-refractivity contribution >= 4 is 11.4 Å². The number of methoxy groups -OCH3 is 1. The van der Waals surface area contributed by atoms with Crippen LogP contribution in [-0.2, 0) is 4.74 Å². The number of anilines is 1.